The number of hydrogen-bond acceptors (Lipinski definition) is 4. The molecule has 0 unspecified atom stereocenters. The number of esters is 1. The lowest BCUT2D eigenvalue weighted by Crippen LogP contribution is -2.21. The number of carbonyl (C=O) groups excluding carboxylic acids is 1. The first-order chi connectivity index (χ1) is 7.76. The molecule has 16 heavy (non-hydrogen) atoms. The molecule has 0 spiro atoms. The van der Waals surface area contributed by atoms with Gasteiger partial charge in [0, 0.05) is 17.5 Å². The molecule has 2 N–H and O–H groups in total. The van der Waals surface area contributed by atoms with Gasteiger partial charge in [0.05, 0.1) is 13.5 Å². The van der Waals surface area contributed by atoms with Crippen molar-refractivity contribution in [3.05, 3.63) is 35.9 Å². The molecule has 3 nitrogen and oxygen atoms in total. The third-order valence-corrected chi connectivity index (χ3v) is 3.54. The third-order valence-electron chi connectivity index (χ3n) is 2.21. The first-order valence-corrected chi connectivity index (χ1v) is 6.23. The quantitative estimate of drug-likeness (QED) is 0.769. The Morgan fingerprint density at radius 3 is 2.69 bits per heavy atom. The summed E-state index contributed by atoms with van der Waals surface area (Å²) < 4.78 is 4.63. The predicted molar refractivity (Wildman–Crippen MR) is 67.2 cm³/mol. The Morgan fingerprint density at radius 1 is 1.44 bits per heavy atom. The van der Waals surface area contributed by atoms with Gasteiger partial charge >= 0.3 is 5.97 Å². The first-order valence-electron chi connectivity index (χ1n) is 5.18. The number of hydrogen-bond donors (Lipinski definition) is 1. The van der Waals surface area contributed by atoms with Crippen LogP contribution < -0.4 is 5.73 Å². The predicted octanol–water partition coefficient (Wildman–Crippen LogP) is 1.81. The highest BCUT2D eigenvalue weighted by molar-refractivity contribution is 7.99. The van der Waals surface area contributed by atoms with Gasteiger partial charge in [-0.1, -0.05) is 30.3 Å². The maximum absolute atomic E-state index is 11.1. The molecular formula is C12H17NO2S. The molecule has 1 aromatic rings. The van der Waals surface area contributed by atoms with Gasteiger partial charge in [0.2, 0.25) is 0 Å². The zero-order valence-electron chi connectivity index (χ0n) is 9.39. The maximum atomic E-state index is 11.1. The van der Waals surface area contributed by atoms with Crippen molar-refractivity contribution in [1.82, 2.24) is 0 Å². The van der Waals surface area contributed by atoms with E-state index >= 15 is 0 Å². The summed E-state index contributed by atoms with van der Waals surface area (Å²) in [7, 11) is 1.40. The molecule has 0 aliphatic carbocycles. The minimum absolute atomic E-state index is 0.132. The van der Waals surface area contributed by atoms with Crippen molar-refractivity contribution in [2.45, 2.75) is 17.4 Å². The summed E-state index contributed by atoms with van der Waals surface area (Å²) in [4.78, 5) is 11.1. The van der Waals surface area contributed by atoms with Gasteiger partial charge in [-0.25, -0.2) is 0 Å². The van der Waals surface area contributed by atoms with Crippen molar-refractivity contribution in [3.63, 3.8) is 0 Å². The van der Waals surface area contributed by atoms with E-state index < -0.39 is 0 Å². The van der Waals surface area contributed by atoms with Gasteiger partial charge in [-0.15, -0.1) is 0 Å². The number of methoxy groups -OCH3 is 1. The molecule has 4 heteroatoms. The fourth-order valence-electron chi connectivity index (χ4n) is 1.27. The van der Waals surface area contributed by atoms with E-state index in [2.05, 4.69) is 16.9 Å². The Labute approximate surface area is 100 Å². The van der Waals surface area contributed by atoms with Crippen molar-refractivity contribution >= 4 is 17.7 Å². The van der Waals surface area contributed by atoms with Crippen molar-refractivity contribution in [1.29, 1.82) is 0 Å². The van der Waals surface area contributed by atoms with Gasteiger partial charge in [0.25, 0.3) is 0 Å². The van der Waals surface area contributed by atoms with Crippen molar-refractivity contribution in [2.24, 2.45) is 5.73 Å². The molecule has 0 saturated carbocycles. The SMILES string of the molecule is COC(=O)C[C@H](CN)SCc1ccccc1. The van der Waals surface area contributed by atoms with E-state index in [0.717, 1.165) is 5.75 Å². The fraction of sp³-hybridized carbons (Fsp3) is 0.417. The first kappa shape index (κ1) is 13.1. The topological polar surface area (TPSA) is 52.3 Å². The molecule has 0 fully saturated rings. The molecule has 1 rings (SSSR count). The van der Waals surface area contributed by atoms with Crippen LogP contribution in [-0.4, -0.2) is 24.9 Å². The van der Waals surface area contributed by atoms with Gasteiger partial charge in [-0.3, -0.25) is 4.79 Å². The lowest BCUT2D eigenvalue weighted by Gasteiger charge is -2.12. The summed E-state index contributed by atoms with van der Waals surface area (Å²) in [5, 5.41) is 0.132. The Morgan fingerprint density at radius 2 is 2.12 bits per heavy atom. The molecule has 0 bridgehead atoms. The van der Waals surface area contributed by atoms with Crippen LogP contribution in [0, 0.1) is 0 Å². The summed E-state index contributed by atoms with van der Waals surface area (Å²) in [5.74, 6) is 0.677. The van der Waals surface area contributed by atoms with Crippen LogP contribution in [0.15, 0.2) is 30.3 Å². The van der Waals surface area contributed by atoms with E-state index in [0.29, 0.717) is 13.0 Å². The lowest BCUT2D eigenvalue weighted by atomic mass is 10.2. The number of thioether (sulfide) groups is 1. The van der Waals surface area contributed by atoms with Crippen LogP contribution in [0.25, 0.3) is 0 Å². The van der Waals surface area contributed by atoms with E-state index in [1.54, 1.807) is 11.8 Å². The molecular weight excluding hydrogens is 222 g/mol. The zero-order valence-corrected chi connectivity index (χ0v) is 10.2. The van der Waals surface area contributed by atoms with Gasteiger partial charge in [-0.2, -0.15) is 11.8 Å². The monoisotopic (exact) mass is 239 g/mol. The van der Waals surface area contributed by atoms with Crippen LogP contribution in [-0.2, 0) is 15.3 Å². The molecule has 0 aliphatic heterocycles. The molecule has 0 amide bonds. The van der Waals surface area contributed by atoms with Crippen LogP contribution in [0.3, 0.4) is 0 Å². The Balaban J connectivity index is 2.37. The van der Waals surface area contributed by atoms with Crippen LogP contribution in [0.2, 0.25) is 0 Å². The van der Waals surface area contributed by atoms with Crippen LogP contribution in [0.1, 0.15) is 12.0 Å². The molecule has 0 aromatic heterocycles. The van der Waals surface area contributed by atoms with Crippen molar-refractivity contribution in [2.75, 3.05) is 13.7 Å². The zero-order chi connectivity index (χ0) is 11.8. The molecule has 0 aliphatic rings. The van der Waals surface area contributed by atoms with Crippen LogP contribution in [0.5, 0.6) is 0 Å². The van der Waals surface area contributed by atoms with Gasteiger partial charge in [0.1, 0.15) is 0 Å². The van der Waals surface area contributed by atoms with Gasteiger partial charge in [0.15, 0.2) is 0 Å². The van der Waals surface area contributed by atoms with Crippen LogP contribution in [0.4, 0.5) is 0 Å². The Kier molecular flexibility index (Phi) is 5.96. The number of rotatable bonds is 6. The third kappa shape index (κ3) is 4.68. The fourth-order valence-corrected chi connectivity index (χ4v) is 2.28. The van der Waals surface area contributed by atoms with Crippen LogP contribution >= 0.6 is 11.8 Å². The standard InChI is InChI=1S/C12H17NO2S/c1-15-12(14)7-11(8-13)16-9-10-5-3-2-4-6-10/h2-6,11H,7-9,13H2,1H3/t11-/m1/s1. The minimum Gasteiger partial charge on any atom is -0.469 e. The highest BCUT2D eigenvalue weighted by atomic mass is 32.2. The molecule has 1 atom stereocenters. The van der Waals surface area contributed by atoms with Gasteiger partial charge in [-0.05, 0) is 5.56 Å². The molecule has 0 heterocycles. The smallest absolute Gasteiger partial charge is 0.306 e. The molecule has 0 radical (unpaired) electrons. The lowest BCUT2D eigenvalue weighted by molar-refractivity contribution is -0.140. The average Bonchev–Trinajstić information content (AvgIpc) is 2.35. The summed E-state index contributed by atoms with van der Waals surface area (Å²) in [6.07, 6.45) is 0.379. The van der Waals surface area contributed by atoms with E-state index in [9.17, 15) is 4.79 Å². The van der Waals surface area contributed by atoms with Crippen molar-refractivity contribution < 1.29 is 9.53 Å². The van der Waals surface area contributed by atoms with E-state index in [1.165, 1.54) is 12.7 Å². The van der Waals surface area contributed by atoms with Crippen molar-refractivity contribution in [3.8, 4) is 0 Å². The highest BCUT2D eigenvalue weighted by Gasteiger charge is 2.12. The molecule has 88 valence electrons. The second-order valence-electron chi connectivity index (χ2n) is 3.43. The number of ether oxygens (including phenoxy) is 1. The summed E-state index contributed by atoms with van der Waals surface area (Å²) in [6, 6.07) is 10.1. The Bertz CT molecular complexity index is 316. The average molecular weight is 239 g/mol. The van der Waals surface area contributed by atoms with E-state index in [-0.39, 0.29) is 11.2 Å². The van der Waals surface area contributed by atoms with E-state index in [1.807, 2.05) is 18.2 Å². The largest absolute Gasteiger partial charge is 0.469 e. The second-order valence-corrected chi connectivity index (χ2v) is 4.72. The Hall–Kier alpha value is -1.00. The molecule has 0 saturated heterocycles. The molecule has 1 aromatic carbocycles. The summed E-state index contributed by atoms with van der Waals surface area (Å²) >= 11 is 1.69. The summed E-state index contributed by atoms with van der Waals surface area (Å²) in [6.45, 7) is 0.493. The maximum Gasteiger partial charge on any atom is 0.306 e. The summed E-state index contributed by atoms with van der Waals surface area (Å²) in [5.41, 5.74) is 6.86. The highest BCUT2D eigenvalue weighted by Crippen LogP contribution is 2.19. The van der Waals surface area contributed by atoms with E-state index in [4.69, 9.17) is 5.73 Å². The minimum atomic E-state index is -0.198. The second kappa shape index (κ2) is 7.30. The normalized spacial score (nSPS) is 12.1. The number of nitrogens with two attached hydrogens (primary N) is 1. The number of carbonyl (C=O) groups is 1. The van der Waals surface area contributed by atoms with Gasteiger partial charge < -0.3 is 10.5 Å². The number of benzene rings is 1.